The molecule has 1 saturated carbocycles. The SMILES string of the molecule is COc1ccc(C(F)(F)F)cc1CCC1(N)CC1. The predicted octanol–water partition coefficient (Wildman–Crippen LogP) is 3.14. The summed E-state index contributed by atoms with van der Waals surface area (Å²) >= 11 is 0. The van der Waals surface area contributed by atoms with Gasteiger partial charge < -0.3 is 10.5 Å². The van der Waals surface area contributed by atoms with Gasteiger partial charge in [-0.1, -0.05) is 0 Å². The largest absolute Gasteiger partial charge is 0.496 e. The van der Waals surface area contributed by atoms with Crippen molar-refractivity contribution < 1.29 is 17.9 Å². The van der Waals surface area contributed by atoms with E-state index >= 15 is 0 Å². The fraction of sp³-hybridized carbons (Fsp3) is 0.538. The Kier molecular flexibility index (Phi) is 3.27. The summed E-state index contributed by atoms with van der Waals surface area (Å²) in [6.07, 6.45) is -1.20. The van der Waals surface area contributed by atoms with E-state index in [0.29, 0.717) is 24.2 Å². The number of hydrogen-bond acceptors (Lipinski definition) is 2. The lowest BCUT2D eigenvalue weighted by atomic mass is 10.0. The molecule has 1 aromatic rings. The first kappa shape index (κ1) is 13.2. The monoisotopic (exact) mass is 259 g/mol. The Labute approximate surface area is 104 Å². The van der Waals surface area contributed by atoms with Gasteiger partial charge in [0.05, 0.1) is 12.7 Å². The van der Waals surface area contributed by atoms with Crippen LogP contribution in [0.25, 0.3) is 0 Å². The summed E-state index contributed by atoms with van der Waals surface area (Å²) in [5, 5.41) is 0. The normalized spacial score (nSPS) is 17.6. The summed E-state index contributed by atoms with van der Waals surface area (Å²) in [6, 6.07) is 3.57. The van der Waals surface area contributed by atoms with Crippen molar-refractivity contribution in [3.8, 4) is 5.75 Å². The number of hydrogen-bond donors (Lipinski definition) is 1. The molecule has 5 heteroatoms. The first-order valence-electron chi connectivity index (χ1n) is 5.87. The zero-order chi connectivity index (χ0) is 13.4. The van der Waals surface area contributed by atoms with Gasteiger partial charge in [-0.15, -0.1) is 0 Å². The average Bonchev–Trinajstić information content (AvgIpc) is 3.04. The van der Waals surface area contributed by atoms with Crippen LogP contribution in [0.15, 0.2) is 18.2 Å². The van der Waals surface area contributed by atoms with E-state index in [1.165, 1.54) is 13.2 Å². The van der Waals surface area contributed by atoms with Crippen molar-refractivity contribution in [3.05, 3.63) is 29.3 Å². The fourth-order valence-corrected chi connectivity index (χ4v) is 1.94. The molecule has 1 aliphatic carbocycles. The van der Waals surface area contributed by atoms with Crippen LogP contribution in [-0.4, -0.2) is 12.6 Å². The fourth-order valence-electron chi connectivity index (χ4n) is 1.94. The minimum atomic E-state index is -4.32. The lowest BCUT2D eigenvalue weighted by Crippen LogP contribution is -2.22. The van der Waals surface area contributed by atoms with Crippen LogP contribution in [-0.2, 0) is 12.6 Å². The minimum Gasteiger partial charge on any atom is -0.496 e. The highest BCUT2D eigenvalue weighted by molar-refractivity contribution is 5.38. The molecule has 2 rings (SSSR count). The maximum atomic E-state index is 12.6. The van der Waals surface area contributed by atoms with E-state index in [-0.39, 0.29) is 5.54 Å². The van der Waals surface area contributed by atoms with Crippen molar-refractivity contribution in [2.45, 2.75) is 37.4 Å². The Morgan fingerprint density at radius 3 is 2.50 bits per heavy atom. The van der Waals surface area contributed by atoms with Crippen LogP contribution in [0.1, 0.15) is 30.4 Å². The van der Waals surface area contributed by atoms with Gasteiger partial charge in [0.15, 0.2) is 0 Å². The molecule has 18 heavy (non-hydrogen) atoms. The van der Waals surface area contributed by atoms with E-state index in [1.54, 1.807) is 0 Å². The van der Waals surface area contributed by atoms with Gasteiger partial charge in [0.1, 0.15) is 5.75 Å². The van der Waals surface area contributed by atoms with Gasteiger partial charge in [0, 0.05) is 5.54 Å². The molecule has 0 unspecified atom stereocenters. The van der Waals surface area contributed by atoms with Crippen LogP contribution < -0.4 is 10.5 Å². The summed E-state index contributed by atoms with van der Waals surface area (Å²) in [7, 11) is 1.46. The molecule has 0 aromatic heterocycles. The van der Waals surface area contributed by atoms with Crippen molar-refractivity contribution >= 4 is 0 Å². The van der Waals surface area contributed by atoms with Crippen LogP contribution in [0, 0.1) is 0 Å². The molecule has 0 radical (unpaired) electrons. The molecule has 0 saturated heterocycles. The Hall–Kier alpha value is -1.23. The zero-order valence-electron chi connectivity index (χ0n) is 10.2. The number of benzene rings is 1. The number of rotatable bonds is 4. The molecule has 1 aliphatic rings. The van der Waals surface area contributed by atoms with Crippen molar-refractivity contribution in [3.63, 3.8) is 0 Å². The minimum absolute atomic E-state index is 0.167. The van der Waals surface area contributed by atoms with E-state index in [4.69, 9.17) is 10.5 Å². The lowest BCUT2D eigenvalue weighted by Gasteiger charge is -2.14. The second-order valence-corrected chi connectivity index (χ2v) is 4.89. The Bertz CT molecular complexity index is 438. The highest BCUT2D eigenvalue weighted by Crippen LogP contribution is 2.38. The van der Waals surface area contributed by atoms with Crippen molar-refractivity contribution in [2.75, 3.05) is 7.11 Å². The van der Waals surface area contributed by atoms with Gasteiger partial charge in [0.25, 0.3) is 0 Å². The maximum Gasteiger partial charge on any atom is 0.416 e. The Morgan fingerprint density at radius 2 is 2.00 bits per heavy atom. The third-order valence-electron chi connectivity index (χ3n) is 3.39. The van der Waals surface area contributed by atoms with E-state index < -0.39 is 11.7 Å². The Balaban J connectivity index is 2.19. The van der Waals surface area contributed by atoms with E-state index in [1.807, 2.05) is 0 Å². The molecule has 2 N–H and O–H groups in total. The number of alkyl halides is 3. The average molecular weight is 259 g/mol. The summed E-state index contributed by atoms with van der Waals surface area (Å²) in [5.41, 5.74) is 5.71. The summed E-state index contributed by atoms with van der Waals surface area (Å²) in [4.78, 5) is 0. The van der Waals surface area contributed by atoms with Gasteiger partial charge >= 0.3 is 6.18 Å². The van der Waals surface area contributed by atoms with E-state index in [2.05, 4.69) is 0 Å². The number of nitrogens with two attached hydrogens (primary N) is 1. The topological polar surface area (TPSA) is 35.2 Å². The first-order valence-corrected chi connectivity index (χ1v) is 5.87. The number of aryl methyl sites for hydroxylation is 1. The van der Waals surface area contributed by atoms with Crippen LogP contribution in [0.5, 0.6) is 5.75 Å². The van der Waals surface area contributed by atoms with Crippen LogP contribution in [0.4, 0.5) is 13.2 Å². The predicted molar refractivity (Wildman–Crippen MR) is 62.5 cm³/mol. The molecule has 0 spiro atoms. The zero-order valence-corrected chi connectivity index (χ0v) is 10.2. The molecule has 100 valence electrons. The van der Waals surface area contributed by atoms with Gasteiger partial charge in [-0.2, -0.15) is 13.2 Å². The van der Waals surface area contributed by atoms with Crippen molar-refractivity contribution in [1.82, 2.24) is 0 Å². The number of halogens is 3. The van der Waals surface area contributed by atoms with Crippen molar-refractivity contribution in [2.24, 2.45) is 5.73 Å². The standard InChI is InChI=1S/C13H16F3NO/c1-18-11-3-2-10(13(14,15)16)8-9(11)4-5-12(17)6-7-12/h2-3,8H,4-7,17H2,1H3. The smallest absolute Gasteiger partial charge is 0.416 e. The Morgan fingerprint density at radius 1 is 1.33 bits per heavy atom. The molecule has 0 bridgehead atoms. The highest BCUT2D eigenvalue weighted by Gasteiger charge is 2.38. The summed E-state index contributed by atoms with van der Waals surface area (Å²) in [6.45, 7) is 0. The molecule has 0 atom stereocenters. The van der Waals surface area contributed by atoms with E-state index in [0.717, 1.165) is 25.0 Å². The molecule has 0 amide bonds. The molecule has 1 aromatic carbocycles. The second kappa shape index (κ2) is 4.46. The number of ether oxygens (including phenoxy) is 1. The van der Waals surface area contributed by atoms with Gasteiger partial charge in [-0.25, -0.2) is 0 Å². The molecule has 0 aliphatic heterocycles. The third-order valence-corrected chi connectivity index (χ3v) is 3.39. The van der Waals surface area contributed by atoms with Crippen LogP contribution in [0.3, 0.4) is 0 Å². The highest BCUT2D eigenvalue weighted by atomic mass is 19.4. The summed E-state index contributed by atoms with van der Waals surface area (Å²) < 4.78 is 43.0. The number of methoxy groups -OCH3 is 1. The first-order chi connectivity index (χ1) is 8.34. The van der Waals surface area contributed by atoms with Crippen molar-refractivity contribution in [1.29, 1.82) is 0 Å². The molecule has 2 nitrogen and oxygen atoms in total. The van der Waals surface area contributed by atoms with Gasteiger partial charge in [-0.05, 0) is 49.4 Å². The second-order valence-electron chi connectivity index (χ2n) is 4.89. The molecule has 0 heterocycles. The van der Waals surface area contributed by atoms with Crippen LogP contribution in [0.2, 0.25) is 0 Å². The lowest BCUT2D eigenvalue weighted by molar-refractivity contribution is -0.137. The van der Waals surface area contributed by atoms with Gasteiger partial charge in [-0.3, -0.25) is 0 Å². The molecular formula is C13H16F3NO. The van der Waals surface area contributed by atoms with E-state index in [9.17, 15) is 13.2 Å². The maximum absolute atomic E-state index is 12.6. The molecular weight excluding hydrogens is 243 g/mol. The summed E-state index contributed by atoms with van der Waals surface area (Å²) in [5.74, 6) is 0.493. The quantitative estimate of drug-likeness (QED) is 0.901. The van der Waals surface area contributed by atoms with Gasteiger partial charge in [0.2, 0.25) is 0 Å². The molecule has 1 fully saturated rings. The van der Waals surface area contributed by atoms with Crippen LogP contribution >= 0.6 is 0 Å². The third kappa shape index (κ3) is 2.96.